The highest BCUT2D eigenvalue weighted by atomic mass is 32.1. The molecule has 1 rings (SSSR count). The van der Waals surface area contributed by atoms with Crippen molar-refractivity contribution in [2.24, 2.45) is 0 Å². The zero-order valence-electron chi connectivity index (χ0n) is 10.2. The van der Waals surface area contributed by atoms with Crippen molar-refractivity contribution in [2.45, 2.75) is 32.2 Å². The fourth-order valence-corrected chi connectivity index (χ4v) is 2.01. The fraction of sp³-hybridized carbons (Fsp3) is 0.545. The van der Waals surface area contributed by atoms with Gasteiger partial charge in [-0.2, -0.15) is 0 Å². The van der Waals surface area contributed by atoms with Crippen molar-refractivity contribution in [1.29, 1.82) is 0 Å². The lowest BCUT2D eigenvalue weighted by Gasteiger charge is -2.13. The van der Waals surface area contributed by atoms with E-state index in [1.807, 2.05) is 12.3 Å². The first-order chi connectivity index (χ1) is 8.63. The number of carbonyl (C=O) groups is 2. The van der Waals surface area contributed by atoms with Crippen molar-refractivity contribution in [1.82, 2.24) is 15.6 Å². The molecule has 1 aromatic rings. The summed E-state index contributed by atoms with van der Waals surface area (Å²) in [6.45, 7) is 2.31. The van der Waals surface area contributed by atoms with Crippen LogP contribution in [0, 0.1) is 0 Å². The van der Waals surface area contributed by atoms with Crippen LogP contribution in [0.15, 0.2) is 10.9 Å². The summed E-state index contributed by atoms with van der Waals surface area (Å²) in [6, 6.07) is -1.28. The number of aliphatic carboxylic acids is 1. The van der Waals surface area contributed by atoms with Crippen LogP contribution in [0.3, 0.4) is 0 Å². The van der Waals surface area contributed by atoms with E-state index in [-0.39, 0.29) is 0 Å². The van der Waals surface area contributed by atoms with Crippen LogP contribution in [-0.4, -0.2) is 34.7 Å². The first-order valence-corrected chi connectivity index (χ1v) is 6.72. The van der Waals surface area contributed by atoms with E-state index in [4.69, 9.17) is 5.11 Å². The van der Waals surface area contributed by atoms with Gasteiger partial charge in [0.1, 0.15) is 6.04 Å². The molecule has 0 aliphatic carbocycles. The smallest absolute Gasteiger partial charge is 0.326 e. The number of amides is 2. The molecule has 0 aliphatic heterocycles. The summed E-state index contributed by atoms with van der Waals surface area (Å²) < 4.78 is 0. The van der Waals surface area contributed by atoms with E-state index in [0.29, 0.717) is 25.8 Å². The summed E-state index contributed by atoms with van der Waals surface area (Å²) in [7, 11) is 0. The second-order valence-electron chi connectivity index (χ2n) is 3.81. The van der Waals surface area contributed by atoms with Crippen LogP contribution in [0.2, 0.25) is 0 Å². The predicted molar refractivity (Wildman–Crippen MR) is 68.7 cm³/mol. The Morgan fingerprint density at radius 3 is 2.89 bits per heavy atom. The van der Waals surface area contributed by atoms with Gasteiger partial charge in [-0.25, -0.2) is 14.6 Å². The fourth-order valence-electron chi connectivity index (χ4n) is 1.42. The third kappa shape index (κ3) is 5.13. The van der Waals surface area contributed by atoms with Crippen LogP contribution in [0.5, 0.6) is 0 Å². The summed E-state index contributed by atoms with van der Waals surface area (Å²) in [4.78, 5) is 26.4. The third-order valence-electron chi connectivity index (χ3n) is 2.33. The molecule has 1 atom stereocenters. The van der Waals surface area contributed by atoms with Crippen LogP contribution in [0.1, 0.15) is 25.5 Å². The standard InChI is InChI=1S/C11H17N3O3S/c1-2-3-9(10(15)16)14-11(17)12-5-4-8-6-18-7-13-8/h6-7,9H,2-5H2,1H3,(H,15,16)(H2,12,14,17)/t9-/m1/s1. The number of hydrogen-bond acceptors (Lipinski definition) is 4. The van der Waals surface area contributed by atoms with E-state index in [9.17, 15) is 9.59 Å². The van der Waals surface area contributed by atoms with Crippen LogP contribution < -0.4 is 10.6 Å². The van der Waals surface area contributed by atoms with Gasteiger partial charge in [-0.1, -0.05) is 13.3 Å². The molecule has 6 nitrogen and oxygen atoms in total. The average molecular weight is 271 g/mol. The Balaban J connectivity index is 2.25. The van der Waals surface area contributed by atoms with Crippen molar-refractivity contribution in [3.05, 3.63) is 16.6 Å². The van der Waals surface area contributed by atoms with Gasteiger partial charge in [0.05, 0.1) is 11.2 Å². The van der Waals surface area contributed by atoms with Crippen LogP contribution in [0.4, 0.5) is 4.79 Å². The molecule has 0 saturated heterocycles. The van der Waals surface area contributed by atoms with Crippen molar-refractivity contribution >= 4 is 23.3 Å². The number of carboxylic acids is 1. The Hall–Kier alpha value is -1.63. The van der Waals surface area contributed by atoms with E-state index in [1.165, 1.54) is 11.3 Å². The molecule has 18 heavy (non-hydrogen) atoms. The van der Waals surface area contributed by atoms with E-state index in [1.54, 1.807) is 5.51 Å². The molecule has 0 aliphatic rings. The zero-order chi connectivity index (χ0) is 13.4. The Labute approximate surface area is 109 Å². The van der Waals surface area contributed by atoms with E-state index in [0.717, 1.165) is 5.69 Å². The minimum absolute atomic E-state index is 0.425. The molecule has 7 heteroatoms. The molecule has 0 radical (unpaired) electrons. The van der Waals surface area contributed by atoms with Gasteiger partial charge in [0.2, 0.25) is 0 Å². The van der Waals surface area contributed by atoms with Gasteiger partial charge >= 0.3 is 12.0 Å². The normalized spacial score (nSPS) is 11.8. The maximum absolute atomic E-state index is 11.5. The minimum atomic E-state index is -1.01. The maximum Gasteiger partial charge on any atom is 0.326 e. The summed E-state index contributed by atoms with van der Waals surface area (Å²) >= 11 is 1.50. The second kappa shape index (κ2) is 7.65. The molecule has 0 saturated carbocycles. The first kappa shape index (κ1) is 14.4. The number of carboxylic acid groups (broad SMARTS) is 1. The molecule has 3 N–H and O–H groups in total. The Bertz CT molecular complexity index is 381. The lowest BCUT2D eigenvalue weighted by Crippen LogP contribution is -2.46. The molecular weight excluding hydrogens is 254 g/mol. The van der Waals surface area contributed by atoms with Crippen LogP contribution in [-0.2, 0) is 11.2 Å². The molecule has 0 fully saturated rings. The molecule has 0 spiro atoms. The highest BCUT2D eigenvalue weighted by molar-refractivity contribution is 7.07. The Morgan fingerprint density at radius 1 is 1.56 bits per heavy atom. The minimum Gasteiger partial charge on any atom is -0.480 e. The number of carbonyl (C=O) groups excluding carboxylic acids is 1. The number of nitrogens with one attached hydrogen (secondary N) is 2. The summed E-state index contributed by atoms with van der Waals surface area (Å²) in [5.74, 6) is -1.01. The number of hydrogen-bond donors (Lipinski definition) is 3. The quantitative estimate of drug-likeness (QED) is 0.695. The lowest BCUT2D eigenvalue weighted by atomic mass is 10.2. The van der Waals surface area contributed by atoms with Gasteiger partial charge in [0.25, 0.3) is 0 Å². The van der Waals surface area contributed by atoms with Crippen molar-refractivity contribution < 1.29 is 14.7 Å². The topological polar surface area (TPSA) is 91.3 Å². The Morgan fingerprint density at radius 2 is 2.33 bits per heavy atom. The molecule has 1 aromatic heterocycles. The molecule has 100 valence electrons. The molecule has 1 heterocycles. The molecular formula is C11H17N3O3S. The van der Waals surface area contributed by atoms with E-state index < -0.39 is 18.0 Å². The summed E-state index contributed by atoms with van der Waals surface area (Å²) in [5.41, 5.74) is 2.65. The number of rotatable bonds is 7. The second-order valence-corrected chi connectivity index (χ2v) is 4.53. The molecule has 2 amide bonds. The largest absolute Gasteiger partial charge is 0.480 e. The van der Waals surface area contributed by atoms with Gasteiger partial charge in [-0.15, -0.1) is 11.3 Å². The lowest BCUT2D eigenvalue weighted by molar-refractivity contribution is -0.139. The SMILES string of the molecule is CCC[C@@H](NC(=O)NCCc1cscn1)C(=O)O. The van der Waals surface area contributed by atoms with E-state index in [2.05, 4.69) is 15.6 Å². The molecule has 0 unspecified atom stereocenters. The van der Waals surface area contributed by atoms with Crippen molar-refractivity contribution in [3.8, 4) is 0 Å². The van der Waals surface area contributed by atoms with Gasteiger partial charge in [-0.05, 0) is 6.42 Å². The summed E-state index contributed by atoms with van der Waals surface area (Å²) in [6.07, 6.45) is 1.77. The molecule has 0 aromatic carbocycles. The summed E-state index contributed by atoms with van der Waals surface area (Å²) in [5, 5.41) is 15.8. The van der Waals surface area contributed by atoms with Gasteiger partial charge in [0.15, 0.2) is 0 Å². The van der Waals surface area contributed by atoms with E-state index >= 15 is 0 Å². The van der Waals surface area contributed by atoms with Crippen LogP contribution >= 0.6 is 11.3 Å². The van der Waals surface area contributed by atoms with Gasteiger partial charge in [-0.3, -0.25) is 0 Å². The van der Waals surface area contributed by atoms with Gasteiger partial charge < -0.3 is 15.7 Å². The highest BCUT2D eigenvalue weighted by Crippen LogP contribution is 2.00. The average Bonchev–Trinajstić information content (AvgIpc) is 2.81. The van der Waals surface area contributed by atoms with Crippen molar-refractivity contribution in [3.63, 3.8) is 0 Å². The Kier molecular flexibility index (Phi) is 6.13. The van der Waals surface area contributed by atoms with Crippen molar-refractivity contribution in [2.75, 3.05) is 6.54 Å². The third-order valence-corrected chi connectivity index (χ3v) is 2.97. The molecule has 0 bridgehead atoms. The number of thiazole rings is 1. The predicted octanol–water partition coefficient (Wildman–Crippen LogP) is 1.24. The van der Waals surface area contributed by atoms with Gasteiger partial charge in [0, 0.05) is 18.3 Å². The first-order valence-electron chi connectivity index (χ1n) is 5.77. The highest BCUT2D eigenvalue weighted by Gasteiger charge is 2.18. The number of aromatic nitrogens is 1. The van der Waals surface area contributed by atoms with Crippen LogP contribution in [0.25, 0.3) is 0 Å². The number of nitrogens with zero attached hydrogens (tertiary/aromatic N) is 1. The maximum atomic E-state index is 11.5. The monoisotopic (exact) mass is 271 g/mol. The number of urea groups is 1. The zero-order valence-corrected chi connectivity index (χ0v) is 11.0.